The Bertz CT molecular complexity index is 216. The molecule has 0 fully saturated rings. The van der Waals surface area contributed by atoms with Crippen molar-refractivity contribution in [3.05, 3.63) is 12.7 Å². The quantitative estimate of drug-likeness (QED) is 0.726. The Balaban J connectivity index is 2.60. The van der Waals surface area contributed by atoms with E-state index in [1.807, 2.05) is 13.8 Å². The van der Waals surface area contributed by atoms with Crippen LogP contribution in [0.15, 0.2) is 12.7 Å². The zero-order valence-corrected chi connectivity index (χ0v) is 7.56. The van der Waals surface area contributed by atoms with Crippen LogP contribution in [0, 0.1) is 0 Å². The van der Waals surface area contributed by atoms with Crippen molar-refractivity contribution >= 4 is 0 Å². The number of aliphatic hydroxyl groups is 1. The molecule has 0 aliphatic carbocycles. The maximum absolute atomic E-state index is 9.91. The van der Waals surface area contributed by atoms with Crippen molar-refractivity contribution in [1.82, 2.24) is 14.8 Å². The summed E-state index contributed by atoms with van der Waals surface area (Å²) >= 11 is 0. The third-order valence-electron chi connectivity index (χ3n) is 2.24. The fourth-order valence-corrected chi connectivity index (χ4v) is 1.09. The Kier molecular flexibility index (Phi) is 2.81. The van der Waals surface area contributed by atoms with Gasteiger partial charge in [0, 0.05) is 0 Å². The third kappa shape index (κ3) is 2.04. The van der Waals surface area contributed by atoms with Crippen molar-refractivity contribution in [2.75, 3.05) is 0 Å². The molecule has 4 nitrogen and oxygen atoms in total. The van der Waals surface area contributed by atoms with E-state index in [1.54, 1.807) is 11.0 Å². The van der Waals surface area contributed by atoms with Gasteiger partial charge in [0.25, 0.3) is 0 Å². The van der Waals surface area contributed by atoms with Crippen molar-refractivity contribution < 1.29 is 5.11 Å². The summed E-state index contributed by atoms with van der Waals surface area (Å²) in [6, 6.07) is 0. The van der Waals surface area contributed by atoms with Crippen LogP contribution >= 0.6 is 0 Å². The van der Waals surface area contributed by atoms with E-state index in [1.165, 1.54) is 6.33 Å². The Morgan fingerprint density at radius 3 is 2.50 bits per heavy atom. The van der Waals surface area contributed by atoms with Gasteiger partial charge < -0.3 is 5.11 Å². The first-order valence-electron chi connectivity index (χ1n) is 4.25. The van der Waals surface area contributed by atoms with Crippen molar-refractivity contribution in [2.24, 2.45) is 0 Å². The molecule has 0 saturated heterocycles. The predicted octanol–water partition coefficient (Wildman–Crippen LogP) is 0.829. The van der Waals surface area contributed by atoms with Crippen LogP contribution < -0.4 is 0 Å². The third-order valence-corrected chi connectivity index (χ3v) is 2.24. The van der Waals surface area contributed by atoms with Gasteiger partial charge in [0.15, 0.2) is 0 Å². The summed E-state index contributed by atoms with van der Waals surface area (Å²) in [6.07, 6.45) is 4.58. The van der Waals surface area contributed by atoms with Gasteiger partial charge in [0.1, 0.15) is 12.7 Å². The minimum atomic E-state index is -0.631. The average Bonchev–Trinajstić information content (AvgIpc) is 2.57. The van der Waals surface area contributed by atoms with Crippen molar-refractivity contribution in [1.29, 1.82) is 0 Å². The van der Waals surface area contributed by atoms with Crippen LogP contribution in [0.1, 0.15) is 26.7 Å². The zero-order chi connectivity index (χ0) is 9.03. The molecule has 0 aliphatic rings. The summed E-state index contributed by atoms with van der Waals surface area (Å²) in [6.45, 7) is 4.47. The Labute approximate surface area is 72.2 Å². The first kappa shape index (κ1) is 9.19. The molecule has 0 amide bonds. The number of hydrogen-bond acceptors (Lipinski definition) is 3. The van der Waals surface area contributed by atoms with Crippen LogP contribution in [0.2, 0.25) is 0 Å². The lowest BCUT2D eigenvalue weighted by atomic mass is 9.98. The van der Waals surface area contributed by atoms with E-state index >= 15 is 0 Å². The van der Waals surface area contributed by atoms with Crippen LogP contribution in [0.3, 0.4) is 0 Å². The summed E-state index contributed by atoms with van der Waals surface area (Å²) in [5, 5.41) is 13.9. The summed E-state index contributed by atoms with van der Waals surface area (Å²) in [7, 11) is 0. The highest BCUT2D eigenvalue weighted by molar-refractivity contribution is 4.75. The molecule has 0 saturated carbocycles. The van der Waals surface area contributed by atoms with Crippen molar-refractivity contribution in [3.8, 4) is 0 Å². The van der Waals surface area contributed by atoms with E-state index in [4.69, 9.17) is 0 Å². The second-order valence-electron chi connectivity index (χ2n) is 3.02. The van der Waals surface area contributed by atoms with Gasteiger partial charge in [-0.15, -0.1) is 0 Å². The summed E-state index contributed by atoms with van der Waals surface area (Å²) in [5.74, 6) is 0. The van der Waals surface area contributed by atoms with Crippen LogP contribution in [-0.2, 0) is 6.54 Å². The standard InChI is InChI=1S/C8H15N3O/c1-3-8(12,4-2)5-11-7-9-6-10-11/h6-7,12H,3-5H2,1-2H3. The Hall–Kier alpha value is -0.900. The normalized spacial score (nSPS) is 11.9. The van der Waals surface area contributed by atoms with E-state index in [0.717, 1.165) is 12.8 Å². The SMILES string of the molecule is CCC(O)(CC)Cn1cncn1. The van der Waals surface area contributed by atoms with E-state index in [9.17, 15) is 5.11 Å². The molecule has 1 aromatic heterocycles. The molecule has 1 rings (SSSR count). The van der Waals surface area contributed by atoms with Crippen molar-refractivity contribution in [2.45, 2.75) is 38.8 Å². The lowest BCUT2D eigenvalue weighted by Gasteiger charge is -2.24. The molecule has 68 valence electrons. The van der Waals surface area contributed by atoms with Gasteiger partial charge in [0.2, 0.25) is 0 Å². The first-order chi connectivity index (χ1) is 5.70. The molecule has 0 bridgehead atoms. The summed E-state index contributed by atoms with van der Waals surface area (Å²) in [4.78, 5) is 3.82. The molecule has 1 heterocycles. The highest BCUT2D eigenvalue weighted by Gasteiger charge is 2.22. The molecule has 0 unspecified atom stereocenters. The van der Waals surface area contributed by atoms with Gasteiger partial charge in [-0.2, -0.15) is 5.10 Å². The maximum atomic E-state index is 9.91. The molecule has 1 N–H and O–H groups in total. The van der Waals surface area contributed by atoms with Crippen LogP contribution in [0.25, 0.3) is 0 Å². The van der Waals surface area contributed by atoms with E-state index in [2.05, 4.69) is 10.1 Å². The number of hydrogen-bond donors (Lipinski definition) is 1. The molecule has 1 aromatic rings. The van der Waals surface area contributed by atoms with E-state index in [-0.39, 0.29) is 0 Å². The van der Waals surface area contributed by atoms with Gasteiger partial charge in [-0.1, -0.05) is 13.8 Å². The Morgan fingerprint density at radius 1 is 1.42 bits per heavy atom. The van der Waals surface area contributed by atoms with Gasteiger partial charge in [-0.3, -0.25) is 4.68 Å². The fraction of sp³-hybridized carbons (Fsp3) is 0.750. The molecular formula is C8H15N3O. The molecule has 12 heavy (non-hydrogen) atoms. The number of rotatable bonds is 4. The molecule has 0 atom stereocenters. The minimum Gasteiger partial charge on any atom is -0.388 e. The highest BCUT2D eigenvalue weighted by atomic mass is 16.3. The summed E-state index contributed by atoms with van der Waals surface area (Å²) < 4.78 is 1.66. The van der Waals surface area contributed by atoms with Gasteiger partial charge >= 0.3 is 0 Å². The number of nitrogens with zero attached hydrogens (tertiary/aromatic N) is 3. The molecule has 0 spiro atoms. The molecule has 0 aliphatic heterocycles. The molecular weight excluding hydrogens is 154 g/mol. The minimum absolute atomic E-state index is 0.528. The monoisotopic (exact) mass is 169 g/mol. The smallest absolute Gasteiger partial charge is 0.137 e. The topological polar surface area (TPSA) is 50.9 Å². The van der Waals surface area contributed by atoms with Crippen LogP contribution in [0.4, 0.5) is 0 Å². The zero-order valence-electron chi connectivity index (χ0n) is 7.56. The average molecular weight is 169 g/mol. The van der Waals surface area contributed by atoms with Gasteiger partial charge in [-0.05, 0) is 12.8 Å². The molecule has 0 radical (unpaired) electrons. The fourth-order valence-electron chi connectivity index (χ4n) is 1.09. The predicted molar refractivity (Wildman–Crippen MR) is 45.6 cm³/mol. The molecule has 0 aromatic carbocycles. The highest BCUT2D eigenvalue weighted by Crippen LogP contribution is 2.16. The van der Waals surface area contributed by atoms with Gasteiger partial charge in [-0.25, -0.2) is 4.98 Å². The molecule has 4 heteroatoms. The second kappa shape index (κ2) is 3.67. The van der Waals surface area contributed by atoms with E-state index < -0.39 is 5.60 Å². The lowest BCUT2D eigenvalue weighted by Crippen LogP contribution is -2.32. The summed E-state index contributed by atoms with van der Waals surface area (Å²) in [5.41, 5.74) is -0.631. The van der Waals surface area contributed by atoms with E-state index in [0.29, 0.717) is 6.54 Å². The maximum Gasteiger partial charge on any atom is 0.137 e. The van der Waals surface area contributed by atoms with Crippen LogP contribution in [-0.4, -0.2) is 25.5 Å². The first-order valence-corrected chi connectivity index (χ1v) is 4.25. The Morgan fingerprint density at radius 2 is 2.08 bits per heavy atom. The second-order valence-corrected chi connectivity index (χ2v) is 3.02. The van der Waals surface area contributed by atoms with Crippen LogP contribution in [0.5, 0.6) is 0 Å². The lowest BCUT2D eigenvalue weighted by molar-refractivity contribution is 0.0118. The van der Waals surface area contributed by atoms with Crippen molar-refractivity contribution in [3.63, 3.8) is 0 Å². The largest absolute Gasteiger partial charge is 0.388 e. The number of aromatic nitrogens is 3. The van der Waals surface area contributed by atoms with Gasteiger partial charge in [0.05, 0.1) is 12.1 Å².